The maximum Gasteiger partial charge on any atom is 0.255 e. The number of hydrogen-bond donors (Lipinski definition) is 0. The van der Waals surface area contributed by atoms with Crippen molar-refractivity contribution in [2.24, 2.45) is 5.92 Å². The van der Waals surface area contributed by atoms with Crippen LogP contribution in [0, 0.1) is 5.92 Å². The third kappa shape index (κ3) is 2.72. The number of aromatic nitrogens is 1. The first kappa shape index (κ1) is 17.2. The summed E-state index contributed by atoms with van der Waals surface area (Å²) in [6.45, 7) is 4.62. The van der Waals surface area contributed by atoms with Crippen LogP contribution in [0.2, 0.25) is 0 Å². The molecule has 1 aromatic heterocycles. The monoisotopic (exact) mass is 355 g/mol. The molecule has 0 aromatic carbocycles. The zero-order chi connectivity index (χ0) is 18.3. The van der Waals surface area contributed by atoms with Gasteiger partial charge >= 0.3 is 0 Å². The number of amides is 2. The van der Waals surface area contributed by atoms with E-state index in [-0.39, 0.29) is 11.8 Å². The molecule has 1 aromatic rings. The molecule has 0 radical (unpaired) electrons. The first-order valence-corrected chi connectivity index (χ1v) is 9.40. The third-order valence-corrected chi connectivity index (χ3v) is 5.76. The zero-order valence-electron chi connectivity index (χ0n) is 15.4. The fourth-order valence-electron chi connectivity index (χ4n) is 4.47. The molecule has 1 aliphatic carbocycles. The van der Waals surface area contributed by atoms with Gasteiger partial charge in [-0.25, -0.2) is 0 Å². The molecule has 4 rings (SSSR count). The predicted molar refractivity (Wildman–Crippen MR) is 97.1 cm³/mol. The summed E-state index contributed by atoms with van der Waals surface area (Å²) >= 11 is 0. The second-order valence-electron chi connectivity index (χ2n) is 7.37. The highest BCUT2D eigenvalue weighted by molar-refractivity contribution is 6.22. The minimum Gasteiger partial charge on any atom is -0.384 e. The van der Waals surface area contributed by atoms with E-state index < -0.39 is 6.04 Å². The maximum absolute atomic E-state index is 13.2. The van der Waals surface area contributed by atoms with Crippen molar-refractivity contribution in [3.8, 4) is 0 Å². The van der Waals surface area contributed by atoms with Crippen LogP contribution in [0.4, 0.5) is 0 Å². The number of carbonyl (C=O) groups excluding carboxylic acids is 2. The lowest BCUT2D eigenvalue weighted by atomic mass is 9.95. The van der Waals surface area contributed by atoms with Gasteiger partial charge in [-0.2, -0.15) is 0 Å². The molecule has 0 N–H and O–H groups in total. The first-order valence-electron chi connectivity index (χ1n) is 9.40. The molecule has 26 heavy (non-hydrogen) atoms. The van der Waals surface area contributed by atoms with Gasteiger partial charge in [0.05, 0.1) is 12.3 Å². The van der Waals surface area contributed by atoms with E-state index in [9.17, 15) is 9.59 Å². The van der Waals surface area contributed by atoms with Crippen LogP contribution in [0.3, 0.4) is 0 Å². The standard InChI is InChI=1S/C20H25N3O3/c1-3-17(20(25)22-9-7-13(10-22)12-26-2)23-11-14-6-8-21-16-5-4-15(18(14)16)19(23)24/h4,6,8,13,17H,3,5,7,9-12H2,1-2H3/t13?,17-/m1/s1. The van der Waals surface area contributed by atoms with Crippen molar-refractivity contribution < 1.29 is 14.3 Å². The maximum atomic E-state index is 13.2. The van der Waals surface area contributed by atoms with Crippen LogP contribution in [0.25, 0.3) is 5.57 Å². The first-order chi connectivity index (χ1) is 12.6. The van der Waals surface area contributed by atoms with Crippen LogP contribution < -0.4 is 0 Å². The van der Waals surface area contributed by atoms with E-state index in [1.54, 1.807) is 18.2 Å². The van der Waals surface area contributed by atoms with Gasteiger partial charge in [0.25, 0.3) is 5.91 Å². The van der Waals surface area contributed by atoms with Crippen LogP contribution in [0.15, 0.2) is 18.3 Å². The van der Waals surface area contributed by atoms with Crippen molar-refractivity contribution in [1.29, 1.82) is 0 Å². The van der Waals surface area contributed by atoms with Gasteiger partial charge in [-0.15, -0.1) is 0 Å². The van der Waals surface area contributed by atoms with E-state index >= 15 is 0 Å². The Morgan fingerprint density at radius 2 is 2.31 bits per heavy atom. The summed E-state index contributed by atoms with van der Waals surface area (Å²) in [6.07, 6.45) is 6.05. The number of pyridine rings is 1. The van der Waals surface area contributed by atoms with Crippen LogP contribution in [-0.4, -0.2) is 59.4 Å². The fraction of sp³-hybridized carbons (Fsp3) is 0.550. The largest absolute Gasteiger partial charge is 0.384 e. The van der Waals surface area contributed by atoms with Crippen LogP contribution in [-0.2, 0) is 27.3 Å². The van der Waals surface area contributed by atoms with Gasteiger partial charge in [0.15, 0.2) is 0 Å². The van der Waals surface area contributed by atoms with Crippen molar-refractivity contribution >= 4 is 17.4 Å². The van der Waals surface area contributed by atoms with Crippen LogP contribution in [0.1, 0.15) is 36.6 Å². The van der Waals surface area contributed by atoms with Gasteiger partial charge in [0.1, 0.15) is 6.04 Å². The van der Waals surface area contributed by atoms with Gasteiger partial charge in [0, 0.05) is 56.4 Å². The van der Waals surface area contributed by atoms with E-state index in [0.29, 0.717) is 31.9 Å². The minimum absolute atomic E-state index is 0.0305. The predicted octanol–water partition coefficient (Wildman–Crippen LogP) is 1.64. The molecule has 1 unspecified atom stereocenters. The minimum atomic E-state index is -0.407. The SMILES string of the molecule is CC[C@H](C(=O)N1CCC(COC)C1)N1Cc2ccnc3c2C(=CC3)C1=O. The van der Waals surface area contributed by atoms with Crippen molar-refractivity contribution in [1.82, 2.24) is 14.8 Å². The summed E-state index contributed by atoms with van der Waals surface area (Å²) in [6, 6.07) is 1.56. The smallest absolute Gasteiger partial charge is 0.255 e. The topological polar surface area (TPSA) is 62.7 Å². The van der Waals surface area contributed by atoms with Crippen molar-refractivity contribution in [2.75, 3.05) is 26.8 Å². The Hall–Kier alpha value is -2.21. The van der Waals surface area contributed by atoms with Crippen molar-refractivity contribution in [2.45, 2.75) is 38.8 Å². The van der Waals surface area contributed by atoms with Gasteiger partial charge in [0.2, 0.25) is 5.91 Å². The lowest BCUT2D eigenvalue weighted by molar-refractivity contribution is -0.143. The summed E-state index contributed by atoms with van der Waals surface area (Å²) < 4.78 is 5.23. The second-order valence-corrected chi connectivity index (χ2v) is 7.37. The van der Waals surface area contributed by atoms with E-state index in [1.165, 1.54) is 0 Å². The molecule has 138 valence electrons. The number of nitrogens with zero attached hydrogens (tertiary/aromatic N) is 3. The van der Waals surface area contributed by atoms with Crippen LogP contribution in [0.5, 0.6) is 0 Å². The van der Waals surface area contributed by atoms with Gasteiger partial charge < -0.3 is 14.5 Å². The summed E-state index contributed by atoms with van der Waals surface area (Å²) in [5.74, 6) is 0.429. The van der Waals surface area contributed by atoms with Gasteiger partial charge in [-0.1, -0.05) is 13.0 Å². The Labute approximate surface area is 153 Å². The average Bonchev–Trinajstić information content (AvgIpc) is 3.28. The molecule has 1 fully saturated rings. The quantitative estimate of drug-likeness (QED) is 0.805. The Kier molecular flexibility index (Phi) is 4.53. The number of ether oxygens (including phenoxy) is 1. The lowest BCUT2D eigenvalue weighted by Gasteiger charge is -2.36. The number of likely N-dealkylation sites (tertiary alicyclic amines) is 1. The molecule has 1 saturated heterocycles. The molecule has 0 bridgehead atoms. The molecule has 6 heteroatoms. The number of hydrogen-bond acceptors (Lipinski definition) is 4. The fourth-order valence-corrected chi connectivity index (χ4v) is 4.47. The number of allylic oxidation sites excluding steroid dienone is 1. The van der Waals surface area contributed by atoms with Gasteiger partial charge in [-0.05, 0) is 24.5 Å². The normalized spacial score (nSPS) is 22.5. The Balaban J connectivity index is 1.56. The van der Waals surface area contributed by atoms with E-state index in [2.05, 4.69) is 4.98 Å². The molecular weight excluding hydrogens is 330 g/mol. The summed E-state index contributed by atoms with van der Waals surface area (Å²) in [5.41, 5.74) is 3.80. The highest BCUT2D eigenvalue weighted by Crippen LogP contribution is 2.36. The molecule has 2 atom stereocenters. The molecular formula is C20H25N3O3. The van der Waals surface area contributed by atoms with E-state index in [0.717, 1.165) is 41.9 Å². The zero-order valence-corrected chi connectivity index (χ0v) is 15.4. The number of carbonyl (C=O) groups is 2. The number of methoxy groups -OCH3 is 1. The summed E-state index contributed by atoms with van der Waals surface area (Å²) in [7, 11) is 1.70. The highest BCUT2D eigenvalue weighted by atomic mass is 16.5. The van der Waals surface area contributed by atoms with Crippen LogP contribution >= 0.6 is 0 Å². The third-order valence-electron chi connectivity index (χ3n) is 5.76. The second kappa shape index (κ2) is 6.83. The molecule has 6 nitrogen and oxygen atoms in total. The summed E-state index contributed by atoms with van der Waals surface area (Å²) in [5, 5.41) is 0. The number of rotatable bonds is 5. The highest BCUT2D eigenvalue weighted by Gasteiger charge is 2.40. The average molecular weight is 355 g/mol. The Morgan fingerprint density at radius 1 is 1.46 bits per heavy atom. The molecule has 2 aliphatic heterocycles. The Bertz CT molecular complexity index is 774. The van der Waals surface area contributed by atoms with Gasteiger partial charge in [-0.3, -0.25) is 14.6 Å². The van der Waals surface area contributed by atoms with E-state index in [4.69, 9.17) is 4.74 Å². The van der Waals surface area contributed by atoms with E-state index in [1.807, 2.05) is 24.0 Å². The molecule has 0 spiro atoms. The molecule has 3 heterocycles. The van der Waals surface area contributed by atoms with Crippen molar-refractivity contribution in [3.63, 3.8) is 0 Å². The van der Waals surface area contributed by atoms with Crippen molar-refractivity contribution in [3.05, 3.63) is 35.2 Å². The summed E-state index contributed by atoms with van der Waals surface area (Å²) in [4.78, 5) is 34.3. The molecule has 3 aliphatic rings. The molecule has 0 saturated carbocycles. The molecule has 2 amide bonds. The lowest BCUT2D eigenvalue weighted by Crippen LogP contribution is -2.51. The Morgan fingerprint density at radius 3 is 3.08 bits per heavy atom.